The molecule has 0 radical (unpaired) electrons. The smallest absolute Gasteiger partial charge is 0.269 e. The molecule has 2 aromatic heterocycles. The van der Waals surface area contributed by atoms with Gasteiger partial charge in [0, 0.05) is 16.7 Å². The number of aromatic nitrogens is 1. The van der Waals surface area contributed by atoms with Crippen molar-refractivity contribution in [3.63, 3.8) is 0 Å². The highest BCUT2D eigenvalue weighted by Crippen LogP contribution is 2.31. The van der Waals surface area contributed by atoms with E-state index in [4.69, 9.17) is 32.4 Å². The number of furan rings is 1. The summed E-state index contributed by atoms with van der Waals surface area (Å²) in [6.07, 6.45) is 1.69. The zero-order valence-electron chi connectivity index (χ0n) is 14.6. The number of halogens is 2. The van der Waals surface area contributed by atoms with Gasteiger partial charge in [-0.05, 0) is 37.3 Å². The van der Waals surface area contributed by atoms with Gasteiger partial charge in [0.1, 0.15) is 17.3 Å². The maximum absolute atomic E-state index is 12.6. The maximum Gasteiger partial charge on any atom is 0.269 e. The van der Waals surface area contributed by atoms with Gasteiger partial charge in [-0.25, -0.2) is 0 Å². The third kappa shape index (κ3) is 4.38. The minimum atomic E-state index is -0.159. The summed E-state index contributed by atoms with van der Waals surface area (Å²) in [5, 5.41) is 1.05. The fourth-order valence-electron chi connectivity index (χ4n) is 2.54. The summed E-state index contributed by atoms with van der Waals surface area (Å²) in [7, 11) is 0. The minimum Gasteiger partial charge on any atom is -0.497 e. The Labute approximate surface area is 170 Å². The normalized spacial score (nSPS) is 11.7. The van der Waals surface area contributed by atoms with Crippen LogP contribution in [0.15, 0.2) is 51.9 Å². The molecule has 7 heteroatoms. The van der Waals surface area contributed by atoms with Gasteiger partial charge in [0.05, 0.1) is 27.4 Å². The molecule has 0 spiro atoms. The summed E-state index contributed by atoms with van der Waals surface area (Å²) in [5.41, 5.74) is 0.573. The summed E-state index contributed by atoms with van der Waals surface area (Å²) in [6.45, 7) is 10.4. The maximum atomic E-state index is 12.6. The van der Waals surface area contributed by atoms with Crippen LogP contribution < -0.4 is 14.8 Å². The van der Waals surface area contributed by atoms with Crippen molar-refractivity contribution in [3.8, 4) is 11.3 Å². The number of rotatable bonds is 6. The van der Waals surface area contributed by atoms with E-state index in [-0.39, 0.29) is 12.1 Å². The van der Waals surface area contributed by atoms with Crippen LogP contribution in [0.25, 0.3) is 24.0 Å². The Kier molecular flexibility index (Phi) is 5.95. The number of hydrogen-bond acceptors (Lipinski definition) is 4. The van der Waals surface area contributed by atoms with Gasteiger partial charge in [-0.2, -0.15) is 0 Å². The average Bonchev–Trinajstić information content (AvgIpc) is 3.16. The highest BCUT2D eigenvalue weighted by molar-refractivity contribution is 7.07. The second-order valence-electron chi connectivity index (χ2n) is 5.69. The van der Waals surface area contributed by atoms with Gasteiger partial charge in [-0.1, -0.05) is 36.4 Å². The highest BCUT2D eigenvalue weighted by Gasteiger charge is 2.10. The van der Waals surface area contributed by atoms with Crippen LogP contribution in [0.3, 0.4) is 0 Å². The molecule has 4 nitrogen and oxygen atoms in total. The summed E-state index contributed by atoms with van der Waals surface area (Å²) >= 11 is 13.4. The quantitative estimate of drug-likeness (QED) is 0.558. The van der Waals surface area contributed by atoms with Crippen LogP contribution >= 0.6 is 34.5 Å². The van der Waals surface area contributed by atoms with Crippen LogP contribution in [0.4, 0.5) is 0 Å². The minimum absolute atomic E-state index is 0.159. The molecule has 0 atom stereocenters. The van der Waals surface area contributed by atoms with Gasteiger partial charge in [-0.3, -0.25) is 9.36 Å². The van der Waals surface area contributed by atoms with Crippen LogP contribution in [0, 0.1) is 0 Å². The number of allylic oxidation sites excluding steroid dienone is 1. The molecule has 0 aliphatic heterocycles. The van der Waals surface area contributed by atoms with Crippen LogP contribution in [-0.4, -0.2) is 11.2 Å². The molecule has 1 aromatic carbocycles. The lowest BCUT2D eigenvalue weighted by Crippen LogP contribution is -2.31. The van der Waals surface area contributed by atoms with Crippen molar-refractivity contribution in [1.29, 1.82) is 0 Å². The Balaban J connectivity index is 1.94. The monoisotopic (exact) mass is 421 g/mol. The third-order valence-corrected chi connectivity index (χ3v) is 5.28. The molecule has 27 heavy (non-hydrogen) atoms. The van der Waals surface area contributed by atoms with Crippen LogP contribution in [-0.2, 0) is 11.3 Å². The first-order chi connectivity index (χ1) is 12.9. The van der Waals surface area contributed by atoms with E-state index >= 15 is 0 Å². The predicted molar refractivity (Wildman–Crippen MR) is 112 cm³/mol. The molecule has 3 rings (SSSR count). The number of thiazole rings is 1. The Morgan fingerprint density at radius 2 is 2.11 bits per heavy atom. The van der Waals surface area contributed by atoms with Crippen molar-refractivity contribution >= 4 is 47.2 Å². The molecule has 2 heterocycles. The molecule has 0 bridgehead atoms. The number of hydrogen-bond donors (Lipinski definition) is 0. The van der Waals surface area contributed by atoms with E-state index in [9.17, 15) is 4.79 Å². The van der Waals surface area contributed by atoms with Crippen LogP contribution in [0.1, 0.15) is 12.7 Å². The second-order valence-corrected chi connectivity index (χ2v) is 7.65. The molecule has 0 fully saturated rings. The first-order valence-electron chi connectivity index (χ1n) is 8.15. The fourth-order valence-corrected chi connectivity index (χ4v) is 3.93. The molecular formula is C20H17Cl2NO3S. The van der Waals surface area contributed by atoms with E-state index in [1.807, 2.05) is 6.92 Å². The number of ether oxygens (including phenoxy) is 1. The summed E-state index contributed by atoms with van der Waals surface area (Å²) in [5.74, 6) is 1.66. The molecule has 0 aliphatic carbocycles. The first-order valence-corrected chi connectivity index (χ1v) is 9.72. The molecule has 0 unspecified atom stereocenters. The van der Waals surface area contributed by atoms with E-state index in [1.165, 1.54) is 15.9 Å². The summed E-state index contributed by atoms with van der Waals surface area (Å²) in [4.78, 5) is 12.6. The molecule has 0 N–H and O–H groups in total. The van der Waals surface area contributed by atoms with Crippen molar-refractivity contribution in [3.05, 3.63) is 78.0 Å². The van der Waals surface area contributed by atoms with E-state index in [1.54, 1.807) is 36.4 Å². The third-order valence-electron chi connectivity index (χ3n) is 3.76. The van der Waals surface area contributed by atoms with Gasteiger partial charge in [-0.15, -0.1) is 11.3 Å². The number of nitrogens with zero attached hydrogens (tertiary/aromatic N) is 1. The van der Waals surface area contributed by atoms with Gasteiger partial charge in [0.2, 0.25) is 0 Å². The van der Waals surface area contributed by atoms with E-state index in [2.05, 4.69) is 13.2 Å². The lowest BCUT2D eigenvalue weighted by molar-refractivity contribution is 0.214. The average molecular weight is 422 g/mol. The lowest BCUT2D eigenvalue weighted by Gasteiger charge is -2.06. The topological polar surface area (TPSA) is 44.4 Å². The van der Waals surface area contributed by atoms with Crippen molar-refractivity contribution in [2.45, 2.75) is 13.5 Å². The highest BCUT2D eigenvalue weighted by atomic mass is 35.5. The standard InChI is InChI=1S/C20H17Cl2NO3S/c1-4-25-12(2)11-23-13(3)27-19(20(23)24)10-15-6-8-18(26-15)16-7-5-14(21)9-17(16)22/h5-10H,2-4,11H2,1H3/b19-10-. The van der Waals surface area contributed by atoms with Crippen LogP contribution in [0.2, 0.25) is 10.0 Å². The lowest BCUT2D eigenvalue weighted by atomic mass is 10.2. The predicted octanol–water partition coefficient (Wildman–Crippen LogP) is 4.27. The molecule has 140 valence electrons. The molecule has 0 saturated heterocycles. The zero-order chi connectivity index (χ0) is 19.6. The Bertz CT molecular complexity index is 1160. The van der Waals surface area contributed by atoms with Crippen molar-refractivity contribution in [1.82, 2.24) is 4.57 Å². The molecule has 0 amide bonds. The zero-order valence-corrected chi connectivity index (χ0v) is 17.0. The van der Waals surface area contributed by atoms with Gasteiger partial charge >= 0.3 is 0 Å². The van der Waals surface area contributed by atoms with Gasteiger partial charge in [0.25, 0.3) is 5.56 Å². The molecule has 0 aliphatic rings. The molecule has 3 aromatic rings. The van der Waals surface area contributed by atoms with E-state index in [0.29, 0.717) is 43.1 Å². The summed E-state index contributed by atoms with van der Waals surface area (Å²) in [6, 6.07) is 8.77. The first kappa shape index (κ1) is 19.5. The Hall–Kier alpha value is -2.21. The van der Waals surface area contributed by atoms with E-state index in [0.717, 1.165) is 5.56 Å². The fraction of sp³-hybridized carbons (Fsp3) is 0.150. The number of benzene rings is 1. The SMILES string of the molecule is C=C(Cn1c(=C)s/c(=C\c2ccc(-c3ccc(Cl)cc3Cl)o2)c1=O)OCC. The van der Waals surface area contributed by atoms with Gasteiger partial charge in [0.15, 0.2) is 0 Å². The van der Waals surface area contributed by atoms with Crippen molar-refractivity contribution in [2.24, 2.45) is 0 Å². The van der Waals surface area contributed by atoms with Crippen molar-refractivity contribution < 1.29 is 9.15 Å². The largest absolute Gasteiger partial charge is 0.497 e. The molecular weight excluding hydrogens is 405 g/mol. The van der Waals surface area contributed by atoms with Gasteiger partial charge < -0.3 is 9.15 Å². The Morgan fingerprint density at radius 3 is 2.81 bits per heavy atom. The second kappa shape index (κ2) is 8.21. The molecule has 0 saturated carbocycles. The van der Waals surface area contributed by atoms with Crippen molar-refractivity contribution in [2.75, 3.05) is 6.61 Å². The Morgan fingerprint density at radius 1 is 1.33 bits per heavy atom. The van der Waals surface area contributed by atoms with Crippen LogP contribution in [0.5, 0.6) is 0 Å². The summed E-state index contributed by atoms with van der Waals surface area (Å²) < 4.78 is 13.8. The van der Waals surface area contributed by atoms with E-state index < -0.39 is 0 Å².